The van der Waals surface area contributed by atoms with Gasteiger partial charge in [-0.25, -0.2) is 8.42 Å². The third kappa shape index (κ3) is 5.21. The summed E-state index contributed by atoms with van der Waals surface area (Å²) in [5, 5.41) is 0. The minimum absolute atomic E-state index is 0.202. The summed E-state index contributed by atoms with van der Waals surface area (Å²) in [5.41, 5.74) is 6.26. The van der Waals surface area contributed by atoms with E-state index in [1.54, 1.807) is 13.1 Å². The molecule has 0 unspecified atom stereocenters. The first-order valence-electron chi connectivity index (χ1n) is 6.59. The number of ether oxygens (including phenoxy) is 1. The Kier molecular flexibility index (Phi) is 7.91. The van der Waals surface area contributed by atoms with Crippen LogP contribution in [-0.4, -0.2) is 34.2 Å². The van der Waals surface area contributed by atoms with Gasteiger partial charge < -0.3 is 10.5 Å². The molecule has 1 rings (SSSR count). The lowest BCUT2D eigenvalue weighted by molar-refractivity contribution is 0.316. The van der Waals surface area contributed by atoms with Crippen molar-refractivity contribution in [3.8, 4) is 5.75 Å². The number of nitrogens with two attached hydrogens (primary N) is 1. The predicted octanol–water partition coefficient (Wildman–Crippen LogP) is 2.24. The molecular formula is C14H24N2O3S. The summed E-state index contributed by atoms with van der Waals surface area (Å²) >= 11 is 0. The molecule has 1 aromatic carbocycles. The summed E-state index contributed by atoms with van der Waals surface area (Å²) in [4.78, 5) is 4.07. The molecule has 0 bridgehead atoms. The maximum Gasteiger partial charge on any atom is 0.175 e. The van der Waals surface area contributed by atoms with Gasteiger partial charge in [-0.2, -0.15) is 0 Å². The van der Waals surface area contributed by atoms with Gasteiger partial charge in [0.2, 0.25) is 0 Å². The molecule has 2 N–H and O–H groups in total. The molecule has 0 aromatic heterocycles. The average Bonchev–Trinajstić information content (AvgIpc) is 2.45. The Morgan fingerprint density at radius 3 is 2.40 bits per heavy atom. The lowest BCUT2D eigenvalue weighted by atomic mass is 10.2. The summed E-state index contributed by atoms with van der Waals surface area (Å²) in [7, 11) is -1.72. The largest absolute Gasteiger partial charge is 0.493 e. The first-order chi connectivity index (χ1) is 9.40. The quantitative estimate of drug-likeness (QED) is 0.668. The van der Waals surface area contributed by atoms with Gasteiger partial charge in [0.1, 0.15) is 11.6 Å². The molecule has 114 valence electrons. The fourth-order valence-electron chi connectivity index (χ4n) is 1.40. The second-order valence-electron chi connectivity index (χ2n) is 3.89. The smallest absolute Gasteiger partial charge is 0.175 e. The molecule has 1 aromatic rings. The molecule has 0 amide bonds. The normalized spacial score (nSPS) is 11.6. The van der Waals surface area contributed by atoms with Crippen molar-refractivity contribution in [1.29, 1.82) is 0 Å². The van der Waals surface area contributed by atoms with Gasteiger partial charge in [0.05, 0.1) is 17.1 Å². The zero-order valence-corrected chi connectivity index (χ0v) is 13.6. The van der Waals surface area contributed by atoms with Gasteiger partial charge >= 0.3 is 0 Å². The molecule has 5 nitrogen and oxygen atoms in total. The third-order valence-electron chi connectivity index (χ3n) is 2.36. The highest BCUT2D eigenvalue weighted by molar-refractivity contribution is 7.90. The highest BCUT2D eigenvalue weighted by atomic mass is 32.2. The van der Waals surface area contributed by atoms with E-state index in [0.717, 1.165) is 12.7 Å². The van der Waals surface area contributed by atoms with Crippen molar-refractivity contribution in [3.05, 3.63) is 23.8 Å². The van der Waals surface area contributed by atoms with Crippen LogP contribution in [0.15, 0.2) is 28.1 Å². The van der Waals surface area contributed by atoms with Crippen LogP contribution in [0.5, 0.6) is 5.75 Å². The standard InChI is InChI=1S/C12H18N2O3S.C2H6/c1-4-7-17-11-6-5-9(18(3,15)16)8-10(11)12(13)14-2;1-2/h5-6,8H,4,7H2,1-3H3,(H2,13,14);1-2H3. The zero-order valence-electron chi connectivity index (χ0n) is 12.8. The maximum absolute atomic E-state index is 11.5. The summed E-state index contributed by atoms with van der Waals surface area (Å²) < 4.78 is 28.5. The molecule has 0 fully saturated rings. The molecule has 0 saturated carbocycles. The Bertz CT molecular complexity index is 552. The highest BCUT2D eigenvalue weighted by Crippen LogP contribution is 2.22. The number of benzene rings is 1. The van der Waals surface area contributed by atoms with E-state index < -0.39 is 9.84 Å². The molecule has 0 radical (unpaired) electrons. The predicted molar refractivity (Wildman–Crippen MR) is 83.3 cm³/mol. The van der Waals surface area contributed by atoms with Crippen molar-refractivity contribution in [3.63, 3.8) is 0 Å². The SMILES string of the molecule is CC.CCCOc1ccc(S(C)(=O)=O)cc1C(N)=NC. The van der Waals surface area contributed by atoms with Crippen molar-refractivity contribution < 1.29 is 13.2 Å². The minimum atomic E-state index is -3.27. The van der Waals surface area contributed by atoms with Gasteiger partial charge in [0.15, 0.2) is 9.84 Å². The second kappa shape index (κ2) is 8.58. The van der Waals surface area contributed by atoms with Gasteiger partial charge in [-0.15, -0.1) is 0 Å². The van der Waals surface area contributed by atoms with Crippen LogP contribution in [-0.2, 0) is 9.84 Å². The van der Waals surface area contributed by atoms with Crippen LogP contribution in [0.1, 0.15) is 32.8 Å². The summed E-state index contributed by atoms with van der Waals surface area (Å²) in [6.45, 7) is 6.53. The van der Waals surface area contributed by atoms with Gasteiger partial charge in [-0.05, 0) is 24.6 Å². The topological polar surface area (TPSA) is 81.8 Å². The van der Waals surface area contributed by atoms with Gasteiger partial charge in [0.25, 0.3) is 0 Å². The Balaban J connectivity index is 0.00000172. The number of rotatable bonds is 5. The van der Waals surface area contributed by atoms with Crippen LogP contribution in [0.25, 0.3) is 0 Å². The molecule has 0 aliphatic carbocycles. The number of sulfone groups is 1. The third-order valence-corrected chi connectivity index (χ3v) is 3.47. The molecule has 0 aliphatic heterocycles. The number of hydrogen-bond acceptors (Lipinski definition) is 4. The van der Waals surface area contributed by atoms with E-state index in [0.29, 0.717) is 17.9 Å². The maximum atomic E-state index is 11.5. The van der Waals surface area contributed by atoms with Gasteiger partial charge in [-0.3, -0.25) is 4.99 Å². The Hall–Kier alpha value is -1.56. The average molecular weight is 300 g/mol. The van der Waals surface area contributed by atoms with Gasteiger partial charge in [0, 0.05) is 13.3 Å². The number of nitrogens with zero attached hydrogens (tertiary/aromatic N) is 1. The molecule has 0 atom stereocenters. The molecule has 6 heteroatoms. The van der Waals surface area contributed by atoms with E-state index in [-0.39, 0.29) is 10.7 Å². The Morgan fingerprint density at radius 1 is 1.35 bits per heavy atom. The first kappa shape index (κ1) is 18.4. The number of hydrogen-bond donors (Lipinski definition) is 1. The van der Waals surface area contributed by atoms with Crippen molar-refractivity contribution in [2.75, 3.05) is 19.9 Å². The molecular weight excluding hydrogens is 276 g/mol. The lowest BCUT2D eigenvalue weighted by Crippen LogP contribution is -2.16. The Labute approximate surface area is 121 Å². The number of aliphatic imine (C=N–C) groups is 1. The van der Waals surface area contributed by atoms with Crippen LogP contribution >= 0.6 is 0 Å². The highest BCUT2D eigenvalue weighted by Gasteiger charge is 2.13. The summed E-state index contributed by atoms with van der Waals surface area (Å²) in [6, 6.07) is 4.61. The minimum Gasteiger partial charge on any atom is -0.493 e. The van der Waals surface area contributed by atoms with Crippen LogP contribution < -0.4 is 10.5 Å². The zero-order chi connectivity index (χ0) is 15.8. The van der Waals surface area contributed by atoms with E-state index in [9.17, 15) is 8.42 Å². The molecule has 0 spiro atoms. The fourth-order valence-corrected chi connectivity index (χ4v) is 2.05. The van der Waals surface area contributed by atoms with Gasteiger partial charge in [-0.1, -0.05) is 20.8 Å². The van der Waals surface area contributed by atoms with Crippen molar-refractivity contribution >= 4 is 15.7 Å². The lowest BCUT2D eigenvalue weighted by Gasteiger charge is -2.11. The van der Waals surface area contributed by atoms with Crippen molar-refractivity contribution in [1.82, 2.24) is 0 Å². The van der Waals surface area contributed by atoms with E-state index in [2.05, 4.69) is 4.99 Å². The van der Waals surface area contributed by atoms with Crippen molar-refractivity contribution in [2.45, 2.75) is 32.1 Å². The molecule has 0 saturated heterocycles. The van der Waals surface area contributed by atoms with Crippen LogP contribution in [0, 0.1) is 0 Å². The number of amidine groups is 1. The second-order valence-corrected chi connectivity index (χ2v) is 5.90. The Morgan fingerprint density at radius 2 is 1.95 bits per heavy atom. The van der Waals surface area contributed by atoms with E-state index in [1.807, 2.05) is 20.8 Å². The molecule has 20 heavy (non-hydrogen) atoms. The van der Waals surface area contributed by atoms with Crippen LogP contribution in [0.2, 0.25) is 0 Å². The van der Waals surface area contributed by atoms with Crippen molar-refractivity contribution in [2.24, 2.45) is 10.7 Å². The summed E-state index contributed by atoms with van der Waals surface area (Å²) in [5.74, 6) is 0.805. The van der Waals surface area contributed by atoms with E-state index >= 15 is 0 Å². The first-order valence-corrected chi connectivity index (χ1v) is 8.48. The van der Waals surface area contributed by atoms with Crippen LogP contribution in [0.4, 0.5) is 0 Å². The van der Waals surface area contributed by atoms with E-state index in [1.165, 1.54) is 12.1 Å². The molecule has 0 aliphatic rings. The summed E-state index contributed by atoms with van der Waals surface area (Å²) in [6.07, 6.45) is 2.01. The van der Waals surface area contributed by atoms with Crippen LogP contribution in [0.3, 0.4) is 0 Å². The fraction of sp³-hybridized carbons (Fsp3) is 0.500. The molecule has 0 heterocycles. The van der Waals surface area contributed by atoms with E-state index in [4.69, 9.17) is 10.5 Å². The monoisotopic (exact) mass is 300 g/mol.